The molecule has 2 aromatic heterocycles. The van der Waals surface area contributed by atoms with Gasteiger partial charge in [-0.05, 0) is 49.6 Å². The van der Waals surface area contributed by atoms with E-state index in [9.17, 15) is 9.59 Å². The number of pyridine rings is 1. The van der Waals surface area contributed by atoms with E-state index in [1.807, 2.05) is 48.0 Å². The second-order valence-corrected chi connectivity index (χ2v) is 7.49. The van der Waals surface area contributed by atoms with Crippen LogP contribution in [0, 0.1) is 12.8 Å². The Kier molecular flexibility index (Phi) is 5.20. The number of fused-ring (bicyclic) bond motifs is 1. The van der Waals surface area contributed by atoms with Crippen LogP contribution < -0.4 is 10.5 Å². The highest BCUT2D eigenvalue weighted by Gasteiger charge is 2.26. The first-order chi connectivity index (χ1) is 14.0. The molecular formula is C22H24N4O3. The maximum Gasteiger partial charge on any atom is 0.253 e. The van der Waals surface area contributed by atoms with Crippen LogP contribution in [0.15, 0.2) is 48.8 Å². The summed E-state index contributed by atoms with van der Waals surface area (Å²) < 4.78 is 7.85. The molecular weight excluding hydrogens is 368 g/mol. The molecule has 0 unspecified atom stereocenters. The van der Waals surface area contributed by atoms with E-state index < -0.39 is 0 Å². The molecule has 150 valence electrons. The number of hydrogen-bond acceptors (Lipinski definition) is 4. The van der Waals surface area contributed by atoms with Crippen molar-refractivity contribution < 1.29 is 14.3 Å². The largest absolute Gasteiger partial charge is 0.487 e. The van der Waals surface area contributed by atoms with Gasteiger partial charge < -0.3 is 19.8 Å². The van der Waals surface area contributed by atoms with E-state index >= 15 is 0 Å². The zero-order chi connectivity index (χ0) is 20.4. The molecule has 1 saturated heterocycles. The normalized spacial score (nSPS) is 14.9. The van der Waals surface area contributed by atoms with E-state index in [-0.39, 0.29) is 17.7 Å². The lowest BCUT2D eigenvalue weighted by Gasteiger charge is -2.30. The van der Waals surface area contributed by atoms with Gasteiger partial charge in [-0.25, -0.2) is 4.98 Å². The highest BCUT2D eigenvalue weighted by molar-refractivity contribution is 5.94. The fourth-order valence-corrected chi connectivity index (χ4v) is 3.65. The van der Waals surface area contributed by atoms with Crippen molar-refractivity contribution in [2.75, 3.05) is 13.1 Å². The van der Waals surface area contributed by atoms with Gasteiger partial charge in [0, 0.05) is 37.0 Å². The van der Waals surface area contributed by atoms with Crippen LogP contribution in [0.5, 0.6) is 5.75 Å². The second-order valence-electron chi connectivity index (χ2n) is 7.49. The molecule has 4 rings (SSSR count). The number of nitrogens with two attached hydrogens (primary N) is 1. The molecule has 0 saturated carbocycles. The Morgan fingerprint density at radius 2 is 1.97 bits per heavy atom. The van der Waals surface area contributed by atoms with E-state index in [2.05, 4.69) is 4.98 Å². The molecule has 1 aromatic carbocycles. The molecule has 3 aromatic rings. The Morgan fingerprint density at radius 3 is 2.72 bits per heavy atom. The Labute approximate surface area is 169 Å². The smallest absolute Gasteiger partial charge is 0.253 e. The van der Waals surface area contributed by atoms with E-state index in [4.69, 9.17) is 10.5 Å². The molecule has 3 heterocycles. The SMILES string of the molecule is Cc1ccc2nc(COc3cccc(C(=O)N4CCC(C(N)=O)CC4)c3)cn2c1. The van der Waals surface area contributed by atoms with Crippen molar-refractivity contribution in [1.29, 1.82) is 0 Å². The van der Waals surface area contributed by atoms with Gasteiger partial charge >= 0.3 is 0 Å². The predicted molar refractivity (Wildman–Crippen MR) is 109 cm³/mol. The van der Waals surface area contributed by atoms with Crippen LogP contribution in [0.4, 0.5) is 0 Å². The van der Waals surface area contributed by atoms with Gasteiger partial charge in [-0.3, -0.25) is 9.59 Å². The maximum atomic E-state index is 12.8. The quantitative estimate of drug-likeness (QED) is 0.723. The van der Waals surface area contributed by atoms with Crippen molar-refractivity contribution in [1.82, 2.24) is 14.3 Å². The molecule has 0 aliphatic carbocycles. The molecule has 7 heteroatoms. The summed E-state index contributed by atoms with van der Waals surface area (Å²) in [6, 6.07) is 11.2. The monoisotopic (exact) mass is 392 g/mol. The van der Waals surface area contributed by atoms with E-state index in [1.54, 1.807) is 17.0 Å². The van der Waals surface area contributed by atoms with Crippen LogP contribution in [0.1, 0.15) is 34.5 Å². The highest BCUT2D eigenvalue weighted by Crippen LogP contribution is 2.21. The Bertz CT molecular complexity index is 1050. The van der Waals surface area contributed by atoms with E-state index in [0.29, 0.717) is 43.9 Å². The number of rotatable bonds is 5. The topological polar surface area (TPSA) is 89.9 Å². The second kappa shape index (κ2) is 7.95. The number of primary amides is 1. The van der Waals surface area contributed by atoms with Gasteiger partial charge in [-0.2, -0.15) is 0 Å². The van der Waals surface area contributed by atoms with Crippen molar-refractivity contribution in [2.45, 2.75) is 26.4 Å². The molecule has 29 heavy (non-hydrogen) atoms. The van der Waals surface area contributed by atoms with Crippen LogP contribution in [-0.2, 0) is 11.4 Å². The minimum atomic E-state index is -0.283. The summed E-state index contributed by atoms with van der Waals surface area (Å²) >= 11 is 0. The van der Waals surface area contributed by atoms with Crippen LogP contribution in [0.3, 0.4) is 0 Å². The molecule has 0 spiro atoms. The molecule has 0 atom stereocenters. The lowest BCUT2D eigenvalue weighted by molar-refractivity contribution is -0.123. The Hall–Kier alpha value is -3.35. The Balaban J connectivity index is 1.40. The van der Waals surface area contributed by atoms with Crippen molar-refractivity contribution in [3.63, 3.8) is 0 Å². The first-order valence-corrected chi connectivity index (χ1v) is 9.75. The predicted octanol–water partition coefficient (Wildman–Crippen LogP) is 2.56. The van der Waals surface area contributed by atoms with Crippen molar-refractivity contribution in [3.8, 4) is 5.75 Å². The van der Waals surface area contributed by atoms with Crippen molar-refractivity contribution >= 4 is 17.5 Å². The van der Waals surface area contributed by atoms with Crippen LogP contribution in [-0.4, -0.2) is 39.2 Å². The highest BCUT2D eigenvalue weighted by atomic mass is 16.5. The number of benzene rings is 1. The number of piperidine rings is 1. The summed E-state index contributed by atoms with van der Waals surface area (Å²) in [4.78, 5) is 30.4. The summed E-state index contributed by atoms with van der Waals surface area (Å²) in [6.45, 7) is 3.44. The number of hydrogen-bond donors (Lipinski definition) is 1. The number of nitrogens with zero attached hydrogens (tertiary/aromatic N) is 3. The summed E-state index contributed by atoms with van der Waals surface area (Å²) in [5, 5.41) is 0. The number of imidazole rings is 1. The number of aryl methyl sites for hydroxylation is 1. The maximum absolute atomic E-state index is 12.8. The minimum Gasteiger partial charge on any atom is -0.487 e. The molecule has 1 fully saturated rings. The number of amides is 2. The molecule has 2 amide bonds. The third-order valence-corrected chi connectivity index (χ3v) is 5.30. The summed E-state index contributed by atoms with van der Waals surface area (Å²) in [5.74, 6) is 0.148. The van der Waals surface area contributed by atoms with E-state index in [0.717, 1.165) is 16.9 Å². The average Bonchev–Trinajstić information content (AvgIpc) is 3.14. The lowest BCUT2D eigenvalue weighted by atomic mass is 9.96. The zero-order valence-electron chi connectivity index (χ0n) is 16.4. The van der Waals surface area contributed by atoms with Crippen molar-refractivity contribution in [2.24, 2.45) is 11.7 Å². The Morgan fingerprint density at radius 1 is 1.17 bits per heavy atom. The van der Waals surface area contributed by atoms with Crippen LogP contribution in [0.25, 0.3) is 5.65 Å². The third kappa shape index (κ3) is 4.23. The first-order valence-electron chi connectivity index (χ1n) is 9.75. The first kappa shape index (κ1) is 19.0. The molecule has 1 aliphatic rings. The van der Waals surface area contributed by atoms with Gasteiger partial charge in [-0.1, -0.05) is 12.1 Å². The minimum absolute atomic E-state index is 0.0541. The lowest BCUT2D eigenvalue weighted by Crippen LogP contribution is -2.41. The zero-order valence-corrected chi connectivity index (χ0v) is 16.4. The number of ether oxygens (including phenoxy) is 1. The van der Waals surface area contributed by atoms with Gasteiger partial charge in [-0.15, -0.1) is 0 Å². The standard InChI is InChI=1S/C22H24N4O3/c1-15-5-6-20-24-18(13-26(20)12-15)14-29-19-4-2-3-17(11-19)22(28)25-9-7-16(8-10-25)21(23)27/h2-6,11-13,16H,7-10,14H2,1H3,(H2,23,27). The van der Waals surface area contributed by atoms with Gasteiger partial charge in [0.15, 0.2) is 0 Å². The van der Waals surface area contributed by atoms with Crippen LogP contribution >= 0.6 is 0 Å². The van der Waals surface area contributed by atoms with Crippen LogP contribution in [0.2, 0.25) is 0 Å². The summed E-state index contributed by atoms with van der Waals surface area (Å²) in [6.07, 6.45) is 5.20. The molecule has 1 aliphatic heterocycles. The van der Waals surface area contributed by atoms with Gasteiger partial charge in [0.2, 0.25) is 5.91 Å². The summed E-state index contributed by atoms with van der Waals surface area (Å²) in [5.41, 5.74) is 8.80. The molecule has 0 radical (unpaired) electrons. The molecule has 2 N–H and O–H groups in total. The third-order valence-electron chi connectivity index (χ3n) is 5.30. The summed E-state index contributed by atoms with van der Waals surface area (Å²) in [7, 11) is 0. The van der Waals surface area contributed by atoms with Crippen molar-refractivity contribution in [3.05, 3.63) is 65.6 Å². The van der Waals surface area contributed by atoms with Gasteiger partial charge in [0.05, 0.1) is 5.69 Å². The number of aromatic nitrogens is 2. The fraction of sp³-hybridized carbons (Fsp3) is 0.318. The average molecular weight is 392 g/mol. The fourth-order valence-electron chi connectivity index (χ4n) is 3.65. The molecule has 7 nitrogen and oxygen atoms in total. The number of likely N-dealkylation sites (tertiary alicyclic amines) is 1. The number of carbonyl (C=O) groups is 2. The van der Waals surface area contributed by atoms with E-state index in [1.165, 1.54) is 0 Å². The van der Waals surface area contributed by atoms with Gasteiger partial charge in [0.1, 0.15) is 18.0 Å². The molecule has 0 bridgehead atoms. The van der Waals surface area contributed by atoms with Gasteiger partial charge in [0.25, 0.3) is 5.91 Å². The number of carbonyl (C=O) groups excluding carboxylic acids is 2.